The molecule has 25 heavy (non-hydrogen) atoms. The van der Waals surface area contributed by atoms with E-state index in [-0.39, 0.29) is 0 Å². The number of benzene rings is 4. The van der Waals surface area contributed by atoms with Crippen LogP contribution in [0.15, 0.2) is 84.9 Å². The molecule has 4 heteroatoms. The summed E-state index contributed by atoms with van der Waals surface area (Å²) < 4.78 is 5.99. The summed E-state index contributed by atoms with van der Waals surface area (Å²) in [6.45, 7) is 0. The second kappa shape index (κ2) is 7.36. The highest BCUT2D eigenvalue weighted by Crippen LogP contribution is 2.28. The smallest absolute Gasteiger partial charge is 0.457 e. The van der Waals surface area contributed by atoms with Gasteiger partial charge in [-0.25, -0.2) is 4.79 Å². The van der Waals surface area contributed by atoms with E-state index >= 15 is 0 Å². The summed E-state index contributed by atoms with van der Waals surface area (Å²) in [5.41, 5.74) is 0. The molecule has 4 nitrogen and oxygen atoms in total. The second-order valence-electron chi connectivity index (χ2n) is 5.40. The molecule has 0 bridgehead atoms. The van der Waals surface area contributed by atoms with Crippen molar-refractivity contribution in [3.05, 3.63) is 84.9 Å². The van der Waals surface area contributed by atoms with Gasteiger partial charge in [-0.3, -0.25) is 0 Å². The third kappa shape index (κ3) is 4.26. The molecule has 0 aliphatic carbocycles. The van der Waals surface area contributed by atoms with E-state index in [1.54, 1.807) is 0 Å². The van der Waals surface area contributed by atoms with Crippen LogP contribution in [0.25, 0.3) is 21.5 Å². The first-order valence-corrected chi connectivity index (χ1v) is 7.69. The monoisotopic (exact) mass is 332 g/mol. The van der Waals surface area contributed by atoms with E-state index in [0.29, 0.717) is 0 Å². The number of carbonyl (C=O) groups is 1. The number of hydrogen-bond acceptors (Lipinski definition) is 2. The average Bonchev–Trinajstić information content (AvgIpc) is 2.61. The molecule has 0 spiro atoms. The fourth-order valence-corrected chi connectivity index (χ4v) is 2.60. The Hall–Kier alpha value is -3.53. The van der Waals surface area contributed by atoms with Crippen molar-refractivity contribution in [1.29, 1.82) is 0 Å². The number of carboxylic acid groups (broad SMARTS) is 2. The minimum atomic E-state index is -1.83. The fraction of sp³-hybridized carbons (Fsp3) is 0. The lowest BCUT2D eigenvalue weighted by Crippen LogP contribution is -1.84. The van der Waals surface area contributed by atoms with E-state index in [9.17, 15) is 0 Å². The summed E-state index contributed by atoms with van der Waals surface area (Å²) in [6.07, 6.45) is -1.83. The van der Waals surface area contributed by atoms with Gasteiger partial charge in [0.2, 0.25) is 0 Å². The highest BCUT2D eigenvalue weighted by atomic mass is 16.6. The van der Waals surface area contributed by atoms with Gasteiger partial charge < -0.3 is 14.9 Å². The van der Waals surface area contributed by atoms with Crippen molar-refractivity contribution in [1.82, 2.24) is 0 Å². The van der Waals surface area contributed by atoms with Crippen LogP contribution >= 0.6 is 0 Å². The molecule has 4 aromatic rings. The summed E-state index contributed by atoms with van der Waals surface area (Å²) in [5.74, 6) is 1.73. The molecule has 0 saturated carbocycles. The summed E-state index contributed by atoms with van der Waals surface area (Å²) in [6, 6.07) is 28.9. The average molecular weight is 332 g/mol. The van der Waals surface area contributed by atoms with Gasteiger partial charge in [0.05, 0.1) is 0 Å². The Morgan fingerprint density at radius 1 is 0.600 bits per heavy atom. The largest absolute Gasteiger partial charge is 0.503 e. The van der Waals surface area contributed by atoms with E-state index in [4.69, 9.17) is 19.7 Å². The molecule has 2 N–H and O–H groups in total. The highest BCUT2D eigenvalue weighted by Gasteiger charge is 2.01. The number of rotatable bonds is 2. The molecule has 0 heterocycles. The minimum Gasteiger partial charge on any atom is -0.457 e. The molecule has 0 fully saturated rings. The Labute approximate surface area is 144 Å². The summed E-state index contributed by atoms with van der Waals surface area (Å²) in [4.78, 5) is 8.56. The van der Waals surface area contributed by atoms with Crippen LogP contribution < -0.4 is 4.74 Å². The molecule has 0 saturated heterocycles. The van der Waals surface area contributed by atoms with Crippen molar-refractivity contribution in [3.63, 3.8) is 0 Å². The summed E-state index contributed by atoms with van der Waals surface area (Å²) in [5, 5.41) is 18.8. The van der Waals surface area contributed by atoms with Crippen molar-refractivity contribution in [2.45, 2.75) is 0 Å². The van der Waals surface area contributed by atoms with Gasteiger partial charge in [0, 0.05) is 0 Å². The van der Waals surface area contributed by atoms with Crippen molar-refractivity contribution >= 4 is 27.7 Å². The third-order valence-corrected chi connectivity index (χ3v) is 3.68. The lowest BCUT2D eigenvalue weighted by Gasteiger charge is -2.08. The maximum absolute atomic E-state index is 8.56. The molecule has 0 aliphatic heterocycles. The van der Waals surface area contributed by atoms with Crippen LogP contribution in [0, 0.1) is 0 Å². The van der Waals surface area contributed by atoms with Gasteiger partial charge in [0.15, 0.2) is 0 Å². The van der Waals surface area contributed by atoms with Crippen LogP contribution in [0.2, 0.25) is 0 Å². The predicted molar refractivity (Wildman–Crippen MR) is 98.6 cm³/mol. The van der Waals surface area contributed by atoms with Crippen molar-refractivity contribution in [2.24, 2.45) is 0 Å². The Bertz CT molecular complexity index is 943. The van der Waals surface area contributed by atoms with Crippen LogP contribution in [0.5, 0.6) is 11.5 Å². The van der Waals surface area contributed by atoms with Crippen LogP contribution in [0.1, 0.15) is 0 Å². The van der Waals surface area contributed by atoms with Gasteiger partial charge in [-0.2, -0.15) is 0 Å². The van der Waals surface area contributed by atoms with Gasteiger partial charge >= 0.3 is 6.16 Å². The summed E-state index contributed by atoms with van der Waals surface area (Å²) >= 11 is 0. The van der Waals surface area contributed by atoms with E-state index < -0.39 is 6.16 Å². The number of ether oxygens (including phenoxy) is 1. The standard InChI is InChI=1S/C20H14O.CH2O3/c1-3-7-17-13-19(11-9-15(17)5-1)21-20-12-10-16-6-2-4-8-18(16)14-20;2-1(3)4/h1-14H;(H2,2,3,4). The van der Waals surface area contributed by atoms with E-state index in [2.05, 4.69) is 48.5 Å². The van der Waals surface area contributed by atoms with Gasteiger partial charge in [0.1, 0.15) is 11.5 Å². The highest BCUT2D eigenvalue weighted by molar-refractivity contribution is 5.85. The normalized spacial score (nSPS) is 10.1. The molecular formula is C21H16O4. The van der Waals surface area contributed by atoms with Crippen LogP contribution in [0.3, 0.4) is 0 Å². The molecule has 0 aromatic heterocycles. The Kier molecular flexibility index (Phi) is 4.81. The van der Waals surface area contributed by atoms with Crippen LogP contribution in [0.4, 0.5) is 4.79 Å². The SMILES string of the molecule is O=C(O)O.c1ccc2cc(Oc3ccc4ccccc4c3)ccc2c1. The van der Waals surface area contributed by atoms with Crippen molar-refractivity contribution < 1.29 is 19.7 Å². The van der Waals surface area contributed by atoms with Gasteiger partial charge in [-0.05, 0) is 45.8 Å². The van der Waals surface area contributed by atoms with Crippen molar-refractivity contribution in [3.8, 4) is 11.5 Å². The molecule has 0 atom stereocenters. The molecule has 0 aliphatic rings. The lowest BCUT2D eigenvalue weighted by molar-refractivity contribution is 0.137. The maximum Gasteiger partial charge on any atom is 0.503 e. The topological polar surface area (TPSA) is 66.8 Å². The van der Waals surface area contributed by atoms with E-state index in [1.807, 2.05) is 36.4 Å². The van der Waals surface area contributed by atoms with E-state index in [0.717, 1.165) is 11.5 Å². The lowest BCUT2D eigenvalue weighted by atomic mass is 10.1. The maximum atomic E-state index is 8.56. The third-order valence-electron chi connectivity index (χ3n) is 3.68. The number of hydrogen-bond donors (Lipinski definition) is 2. The minimum absolute atomic E-state index is 0.865. The first kappa shape index (κ1) is 16.3. The van der Waals surface area contributed by atoms with Crippen LogP contribution in [-0.4, -0.2) is 16.4 Å². The zero-order valence-corrected chi connectivity index (χ0v) is 13.3. The predicted octanol–water partition coefficient (Wildman–Crippen LogP) is 6.01. The van der Waals surface area contributed by atoms with E-state index in [1.165, 1.54) is 21.5 Å². The molecule has 4 aromatic carbocycles. The first-order chi connectivity index (χ1) is 12.1. The van der Waals surface area contributed by atoms with Gasteiger partial charge in [0.25, 0.3) is 0 Å². The van der Waals surface area contributed by atoms with Crippen LogP contribution in [-0.2, 0) is 0 Å². The Balaban J connectivity index is 0.000000415. The molecule has 124 valence electrons. The molecular weight excluding hydrogens is 316 g/mol. The zero-order chi connectivity index (χ0) is 17.6. The fourth-order valence-electron chi connectivity index (χ4n) is 2.60. The summed E-state index contributed by atoms with van der Waals surface area (Å²) in [7, 11) is 0. The van der Waals surface area contributed by atoms with Gasteiger partial charge in [-0.15, -0.1) is 0 Å². The second-order valence-corrected chi connectivity index (χ2v) is 5.40. The zero-order valence-electron chi connectivity index (χ0n) is 13.3. The van der Waals surface area contributed by atoms with Crippen molar-refractivity contribution in [2.75, 3.05) is 0 Å². The Morgan fingerprint density at radius 2 is 0.960 bits per heavy atom. The molecule has 0 unspecified atom stereocenters. The first-order valence-electron chi connectivity index (χ1n) is 7.69. The quantitative estimate of drug-likeness (QED) is 0.472. The molecule has 0 amide bonds. The molecule has 4 rings (SSSR count). The Morgan fingerprint density at radius 3 is 1.36 bits per heavy atom. The number of fused-ring (bicyclic) bond motifs is 2. The molecule has 0 radical (unpaired) electrons. The van der Waals surface area contributed by atoms with Gasteiger partial charge in [-0.1, -0.05) is 60.7 Å².